The minimum absolute atomic E-state index is 0.0110. The van der Waals surface area contributed by atoms with Gasteiger partial charge in [0, 0.05) is 25.9 Å². The van der Waals surface area contributed by atoms with Crippen LogP contribution in [0.15, 0.2) is 18.3 Å². The van der Waals surface area contributed by atoms with Gasteiger partial charge in [-0.15, -0.1) is 0 Å². The van der Waals surface area contributed by atoms with Crippen molar-refractivity contribution in [3.8, 4) is 0 Å². The summed E-state index contributed by atoms with van der Waals surface area (Å²) in [7, 11) is 1.75. The Hall–Kier alpha value is -2.11. The van der Waals surface area contributed by atoms with Gasteiger partial charge in [0.05, 0.1) is 11.9 Å². The van der Waals surface area contributed by atoms with Crippen molar-refractivity contribution >= 4 is 23.3 Å². The molecule has 1 atom stereocenters. The second-order valence-electron chi connectivity index (χ2n) is 4.47. The Morgan fingerprint density at radius 1 is 1.56 bits per heavy atom. The lowest BCUT2D eigenvalue weighted by atomic mass is 9.95. The number of anilines is 2. The molecule has 0 aliphatic carbocycles. The van der Waals surface area contributed by atoms with Gasteiger partial charge in [-0.05, 0) is 18.6 Å². The molecular weight excluding hydrogens is 232 g/mol. The van der Waals surface area contributed by atoms with Gasteiger partial charge in [-0.3, -0.25) is 9.59 Å². The maximum atomic E-state index is 12.0. The van der Waals surface area contributed by atoms with E-state index in [0.29, 0.717) is 24.5 Å². The zero-order chi connectivity index (χ0) is 13.1. The molecular formula is C12H16N4O2. The van der Waals surface area contributed by atoms with Gasteiger partial charge in [0.25, 0.3) is 0 Å². The zero-order valence-electron chi connectivity index (χ0n) is 10.2. The first-order valence-electron chi connectivity index (χ1n) is 5.82. The standard InChI is InChI=1S/C12H16N4O2/c1-16-5-4-8(6-11(16)17)12(18)15-9-2-3-10(13)14-7-9/h2-3,7-8H,4-6H2,1H3,(H2,13,14)(H,15,18). The Balaban J connectivity index is 1.96. The number of amides is 2. The lowest BCUT2D eigenvalue weighted by Gasteiger charge is -2.27. The molecule has 0 spiro atoms. The highest BCUT2D eigenvalue weighted by atomic mass is 16.2. The Morgan fingerprint density at radius 3 is 2.94 bits per heavy atom. The molecule has 1 aliphatic heterocycles. The number of hydrogen-bond acceptors (Lipinski definition) is 4. The minimum atomic E-state index is -0.258. The fourth-order valence-corrected chi connectivity index (χ4v) is 1.89. The summed E-state index contributed by atoms with van der Waals surface area (Å²) in [6.45, 7) is 0.622. The van der Waals surface area contributed by atoms with E-state index in [-0.39, 0.29) is 24.2 Å². The Morgan fingerprint density at radius 2 is 2.33 bits per heavy atom. The number of nitrogen functional groups attached to an aromatic ring is 1. The van der Waals surface area contributed by atoms with Crippen LogP contribution in [0.3, 0.4) is 0 Å². The Kier molecular flexibility index (Phi) is 3.45. The third-order valence-electron chi connectivity index (χ3n) is 3.08. The number of pyridine rings is 1. The van der Waals surface area contributed by atoms with Crippen molar-refractivity contribution in [1.82, 2.24) is 9.88 Å². The Bertz CT molecular complexity index is 458. The number of carbonyl (C=O) groups excluding carboxylic acids is 2. The lowest BCUT2D eigenvalue weighted by Crippen LogP contribution is -2.39. The molecule has 3 N–H and O–H groups in total. The van der Waals surface area contributed by atoms with Gasteiger partial charge in [0.15, 0.2) is 0 Å². The number of piperidine rings is 1. The molecule has 1 fully saturated rings. The maximum absolute atomic E-state index is 12.0. The number of nitrogens with two attached hydrogens (primary N) is 1. The number of rotatable bonds is 2. The minimum Gasteiger partial charge on any atom is -0.384 e. The topological polar surface area (TPSA) is 88.3 Å². The maximum Gasteiger partial charge on any atom is 0.228 e. The van der Waals surface area contributed by atoms with Gasteiger partial charge >= 0.3 is 0 Å². The van der Waals surface area contributed by atoms with E-state index in [2.05, 4.69) is 10.3 Å². The molecule has 2 amide bonds. The molecule has 0 aromatic carbocycles. The summed E-state index contributed by atoms with van der Waals surface area (Å²) in [5.41, 5.74) is 6.06. The third kappa shape index (κ3) is 2.77. The molecule has 6 heteroatoms. The second-order valence-corrected chi connectivity index (χ2v) is 4.47. The van der Waals surface area contributed by atoms with Crippen LogP contribution >= 0.6 is 0 Å². The van der Waals surface area contributed by atoms with E-state index < -0.39 is 0 Å². The van der Waals surface area contributed by atoms with Gasteiger partial charge in [0.2, 0.25) is 11.8 Å². The monoisotopic (exact) mass is 248 g/mol. The average Bonchev–Trinajstić information content (AvgIpc) is 2.35. The first kappa shape index (κ1) is 12.3. The van der Waals surface area contributed by atoms with E-state index in [0.717, 1.165) is 0 Å². The number of aromatic nitrogens is 1. The van der Waals surface area contributed by atoms with E-state index in [1.54, 1.807) is 24.1 Å². The van der Waals surface area contributed by atoms with Gasteiger partial charge in [-0.25, -0.2) is 4.98 Å². The van der Waals surface area contributed by atoms with Crippen LogP contribution in [0, 0.1) is 5.92 Å². The zero-order valence-corrected chi connectivity index (χ0v) is 10.2. The molecule has 18 heavy (non-hydrogen) atoms. The van der Waals surface area contributed by atoms with Crippen molar-refractivity contribution in [2.75, 3.05) is 24.6 Å². The highest BCUT2D eigenvalue weighted by Gasteiger charge is 2.28. The number of carbonyl (C=O) groups is 2. The largest absolute Gasteiger partial charge is 0.384 e. The number of nitrogens with zero attached hydrogens (tertiary/aromatic N) is 2. The van der Waals surface area contributed by atoms with Crippen LogP contribution in [0.4, 0.5) is 11.5 Å². The molecule has 1 aliphatic rings. The number of hydrogen-bond donors (Lipinski definition) is 2. The summed E-state index contributed by atoms with van der Waals surface area (Å²) in [6.07, 6.45) is 2.46. The van der Waals surface area contributed by atoms with E-state index in [4.69, 9.17) is 5.73 Å². The van der Waals surface area contributed by atoms with E-state index >= 15 is 0 Å². The smallest absolute Gasteiger partial charge is 0.228 e. The number of nitrogens with one attached hydrogen (secondary N) is 1. The fourth-order valence-electron chi connectivity index (χ4n) is 1.89. The van der Waals surface area contributed by atoms with Crippen molar-refractivity contribution in [2.24, 2.45) is 5.92 Å². The molecule has 1 saturated heterocycles. The van der Waals surface area contributed by atoms with Crippen LogP contribution in [0.2, 0.25) is 0 Å². The second kappa shape index (κ2) is 5.03. The summed E-state index contributed by atoms with van der Waals surface area (Å²) >= 11 is 0. The summed E-state index contributed by atoms with van der Waals surface area (Å²) in [6, 6.07) is 3.31. The molecule has 1 aromatic heterocycles. The molecule has 2 rings (SSSR count). The Labute approximate surface area is 105 Å². The van der Waals surface area contributed by atoms with Crippen molar-refractivity contribution in [1.29, 1.82) is 0 Å². The van der Waals surface area contributed by atoms with Crippen LogP contribution in [-0.4, -0.2) is 35.3 Å². The predicted molar refractivity (Wildman–Crippen MR) is 67.6 cm³/mol. The SMILES string of the molecule is CN1CCC(C(=O)Nc2ccc(N)nc2)CC1=O. The van der Waals surface area contributed by atoms with Crippen molar-refractivity contribution in [3.63, 3.8) is 0 Å². The van der Waals surface area contributed by atoms with Crippen LogP contribution in [0.25, 0.3) is 0 Å². The van der Waals surface area contributed by atoms with Gasteiger partial charge in [-0.2, -0.15) is 0 Å². The van der Waals surface area contributed by atoms with Crippen LogP contribution in [-0.2, 0) is 9.59 Å². The molecule has 0 bridgehead atoms. The fraction of sp³-hybridized carbons (Fsp3) is 0.417. The molecule has 6 nitrogen and oxygen atoms in total. The lowest BCUT2D eigenvalue weighted by molar-refractivity contribution is -0.137. The van der Waals surface area contributed by atoms with Gasteiger partial charge in [0.1, 0.15) is 5.82 Å². The van der Waals surface area contributed by atoms with Crippen molar-refractivity contribution in [3.05, 3.63) is 18.3 Å². The first-order valence-corrected chi connectivity index (χ1v) is 5.82. The summed E-state index contributed by atoms with van der Waals surface area (Å²) < 4.78 is 0. The molecule has 2 heterocycles. The highest BCUT2D eigenvalue weighted by molar-refractivity contribution is 5.95. The molecule has 0 radical (unpaired) electrons. The van der Waals surface area contributed by atoms with Gasteiger partial charge in [-0.1, -0.05) is 0 Å². The predicted octanol–water partition coefficient (Wildman–Crippen LogP) is 0.471. The number of likely N-dealkylation sites (tertiary alicyclic amines) is 1. The average molecular weight is 248 g/mol. The van der Waals surface area contributed by atoms with Crippen LogP contribution in [0.1, 0.15) is 12.8 Å². The molecule has 96 valence electrons. The molecule has 1 unspecified atom stereocenters. The summed E-state index contributed by atoms with van der Waals surface area (Å²) in [5, 5.41) is 2.75. The quantitative estimate of drug-likeness (QED) is 0.796. The van der Waals surface area contributed by atoms with Crippen LogP contribution in [0.5, 0.6) is 0 Å². The molecule has 0 saturated carbocycles. The third-order valence-corrected chi connectivity index (χ3v) is 3.08. The van der Waals surface area contributed by atoms with E-state index in [1.807, 2.05) is 0 Å². The molecule has 1 aromatic rings. The summed E-state index contributed by atoms with van der Waals surface area (Å²) in [4.78, 5) is 29.0. The van der Waals surface area contributed by atoms with Crippen LogP contribution < -0.4 is 11.1 Å². The van der Waals surface area contributed by atoms with Crippen molar-refractivity contribution in [2.45, 2.75) is 12.8 Å². The van der Waals surface area contributed by atoms with Crippen molar-refractivity contribution < 1.29 is 9.59 Å². The highest BCUT2D eigenvalue weighted by Crippen LogP contribution is 2.19. The van der Waals surface area contributed by atoms with E-state index in [1.165, 1.54) is 6.20 Å². The normalized spacial score (nSPS) is 19.7. The first-order chi connectivity index (χ1) is 8.56. The summed E-state index contributed by atoms with van der Waals surface area (Å²) in [5.74, 6) is 0.0218. The van der Waals surface area contributed by atoms with Gasteiger partial charge < -0.3 is 16.0 Å². The van der Waals surface area contributed by atoms with E-state index in [9.17, 15) is 9.59 Å².